The molecule has 1 fully saturated rings. The summed E-state index contributed by atoms with van der Waals surface area (Å²) in [7, 11) is 0. The van der Waals surface area contributed by atoms with Crippen LogP contribution in [0.15, 0.2) is 29.2 Å². The number of carbonyl (C=O) groups is 1. The van der Waals surface area contributed by atoms with E-state index in [0.29, 0.717) is 37.7 Å². The molecular formula is C19H21ClF2N4O3. The van der Waals surface area contributed by atoms with Gasteiger partial charge in [0, 0.05) is 25.2 Å². The number of piperidine rings is 1. The fraction of sp³-hybridized carbons (Fsp3) is 0.421. The Labute approximate surface area is 171 Å². The number of ether oxygens (including phenoxy) is 1. The fourth-order valence-electron chi connectivity index (χ4n) is 3.06. The minimum Gasteiger partial charge on any atom is -0.447 e. The van der Waals surface area contributed by atoms with Gasteiger partial charge < -0.3 is 15.0 Å². The number of halogens is 3. The van der Waals surface area contributed by atoms with E-state index in [9.17, 15) is 18.4 Å². The van der Waals surface area contributed by atoms with Crippen molar-refractivity contribution in [3.63, 3.8) is 0 Å². The minimum atomic E-state index is -0.919. The zero-order valence-electron chi connectivity index (χ0n) is 16.0. The normalized spacial score (nSPS) is 14.9. The van der Waals surface area contributed by atoms with Crippen LogP contribution in [0.1, 0.15) is 26.7 Å². The van der Waals surface area contributed by atoms with Crippen LogP contribution in [0.5, 0.6) is 0 Å². The molecule has 1 aliphatic heterocycles. The number of carbonyl (C=O) groups excluding carboxylic acids is 1. The molecule has 1 amide bonds. The van der Waals surface area contributed by atoms with Gasteiger partial charge in [-0.3, -0.25) is 4.79 Å². The Bertz CT molecular complexity index is 959. The van der Waals surface area contributed by atoms with Crippen molar-refractivity contribution in [3.05, 3.63) is 51.4 Å². The summed E-state index contributed by atoms with van der Waals surface area (Å²) in [5.74, 6) is -1.68. The maximum absolute atomic E-state index is 14.0. The predicted octanol–water partition coefficient (Wildman–Crippen LogP) is 3.59. The third-order valence-corrected chi connectivity index (χ3v) is 4.87. The number of aromatic nitrogens is 2. The molecule has 1 aromatic carbocycles. The van der Waals surface area contributed by atoms with Crippen LogP contribution in [-0.4, -0.2) is 46.0 Å². The Morgan fingerprint density at radius 3 is 2.62 bits per heavy atom. The van der Waals surface area contributed by atoms with E-state index in [1.165, 1.54) is 6.20 Å². The van der Waals surface area contributed by atoms with Crippen molar-refractivity contribution in [2.24, 2.45) is 0 Å². The van der Waals surface area contributed by atoms with Gasteiger partial charge in [0.05, 0.1) is 18.0 Å². The van der Waals surface area contributed by atoms with Crippen molar-refractivity contribution in [2.45, 2.75) is 38.8 Å². The first kappa shape index (κ1) is 21.0. The summed E-state index contributed by atoms with van der Waals surface area (Å²) in [4.78, 5) is 26.1. The van der Waals surface area contributed by atoms with Gasteiger partial charge in [-0.2, -0.15) is 9.78 Å². The van der Waals surface area contributed by atoms with Gasteiger partial charge >= 0.3 is 6.09 Å². The number of likely N-dealkylation sites (tertiary alicyclic amines) is 1. The Balaban J connectivity index is 1.69. The lowest BCUT2D eigenvalue weighted by Crippen LogP contribution is -2.43. The third-order valence-electron chi connectivity index (χ3n) is 4.51. The molecule has 1 saturated heterocycles. The maximum atomic E-state index is 14.0. The summed E-state index contributed by atoms with van der Waals surface area (Å²) in [5.41, 5.74) is -0.597. The van der Waals surface area contributed by atoms with Gasteiger partial charge in [-0.05, 0) is 38.8 Å². The lowest BCUT2D eigenvalue weighted by Gasteiger charge is -2.32. The summed E-state index contributed by atoms with van der Waals surface area (Å²) in [6.07, 6.45) is 2.08. The summed E-state index contributed by atoms with van der Waals surface area (Å²) in [6.45, 7) is 4.60. The number of anilines is 1. The van der Waals surface area contributed by atoms with Crippen molar-refractivity contribution >= 4 is 23.4 Å². The van der Waals surface area contributed by atoms with E-state index < -0.39 is 17.2 Å². The Morgan fingerprint density at radius 2 is 2.00 bits per heavy atom. The van der Waals surface area contributed by atoms with Crippen LogP contribution in [0.2, 0.25) is 5.02 Å². The summed E-state index contributed by atoms with van der Waals surface area (Å²) in [6, 6.07) is 2.80. The number of hydrogen-bond acceptors (Lipinski definition) is 5. The molecule has 10 heteroatoms. The molecule has 1 aliphatic rings. The van der Waals surface area contributed by atoms with E-state index in [1.54, 1.807) is 18.7 Å². The third kappa shape index (κ3) is 4.84. The Kier molecular flexibility index (Phi) is 6.36. The Morgan fingerprint density at radius 1 is 1.31 bits per heavy atom. The first-order chi connectivity index (χ1) is 13.8. The maximum Gasteiger partial charge on any atom is 0.410 e. The second-order valence-electron chi connectivity index (χ2n) is 7.02. The molecule has 0 atom stereocenters. The molecule has 0 bridgehead atoms. The molecule has 2 heterocycles. The highest BCUT2D eigenvalue weighted by atomic mass is 35.5. The van der Waals surface area contributed by atoms with E-state index >= 15 is 0 Å². The standard InChI is InChI=1S/C19H21ClF2N4O3/c1-11(2)29-19(28)25-7-5-13(6-8-25)24-15-10-23-26(18(27)17(15)20)16-4-3-12(21)9-14(16)22/h3-4,9-11,13,24H,5-8H2,1-2H3. The monoisotopic (exact) mass is 426 g/mol. The molecule has 7 nitrogen and oxygen atoms in total. The number of nitrogens with one attached hydrogen (secondary N) is 1. The number of amides is 1. The van der Waals surface area contributed by atoms with Crippen molar-refractivity contribution in [3.8, 4) is 5.69 Å². The summed E-state index contributed by atoms with van der Waals surface area (Å²) in [5, 5.41) is 6.96. The van der Waals surface area contributed by atoms with Gasteiger partial charge in [0.15, 0.2) is 5.82 Å². The molecule has 3 rings (SSSR count). The molecule has 0 saturated carbocycles. The average molecular weight is 427 g/mol. The van der Waals surface area contributed by atoms with Crippen LogP contribution in [0.3, 0.4) is 0 Å². The van der Waals surface area contributed by atoms with Crippen LogP contribution in [0.4, 0.5) is 19.3 Å². The van der Waals surface area contributed by atoms with Crippen molar-refractivity contribution in [2.75, 3.05) is 18.4 Å². The van der Waals surface area contributed by atoms with E-state index in [0.717, 1.165) is 16.8 Å². The molecule has 0 spiro atoms. The largest absolute Gasteiger partial charge is 0.447 e. The van der Waals surface area contributed by atoms with E-state index in [1.807, 2.05) is 0 Å². The summed E-state index contributed by atoms with van der Waals surface area (Å²) >= 11 is 6.17. The van der Waals surface area contributed by atoms with Gasteiger partial charge in [0.2, 0.25) is 0 Å². The van der Waals surface area contributed by atoms with Gasteiger partial charge in [-0.1, -0.05) is 11.6 Å². The molecule has 29 heavy (non-hydrogen) atoms. The second kappa shape index (κ2) is 8.77. The van der Waals surface area contributed by atoms with Gasteiger partial charge in [0.25, 0.3) is 5.56 Å². The predicted molar refractivity (Wildman–Crippen MR) is 105 cm³/mol. The molecule has 156 valence electrons. The average Bonchev–Trinajstić information content (AvgIpc) is 2.66. The Hall–Kier alpha value is -2.68. The van der Waals surface area contributed by atoms with Crippen LogP contribution in [0, 0.1) is 11.6 Å². The zero-order valence-corrected chi connectivity index (χ0v) is 16.7. The van der Waals surface area contributed by atoms with Gasteiger partial charge in [-0.25, -0.2) is 13.6 Å². The fourth-order valence-corrected chi connectivity index (χ4v) is 3.24. The molecule has 0 aliphatic carbocycles. The molecule has 2 aromatic rings. The molecule has 0 radical (unpaired) electrons. The number of rotatable bonds is 4. The molecule has 0 unspecified atom stereocenters. The minimum absolute atomic E-state index is 0.0183. The molecular weight excluding hydrogens is 406 g/mol. The van der Waals surface area contributed by atoms with Crippen LogP contribution >= 0.6 is 11.6 Å². The van der Waals surface area contributed by atoms with Crippen LogP contribution in [0.25, 0.3) is 5.69 Å². The zero-order chi connectivity index (χ0) is 21.1. The van der Waals surface area contributed by atoms with Crippen molar-refractivity contribution in [1.82, 2.24) is 14.7 Å². The van der Waals surface area contributed by atoms with Crippen molar-refractivity contribution < 1.29 is 18.3 Å². The summed E-state index contributed by atoms with van der Waals surface area (Å²) < 4.78 is 33.0. The van der Waals surface area contributed by atoms with Gasteiger partial charge in [0.1, 0.15) is 16.5 Å². The van der Waals surface area contributed by atoms with Gasteiger partial charge in [-0.15, -0.1) is 0 Å². The lowest BCUT2D eigenvalue weighted by atomic mass is 10.1. The quantitative estimate of drug-likeness (QED) is 0.808. The smallest absolute Gasteiger partial charge is 0.410 e. The number of hydrogen-bond donors (Lipinski definition) is 1. The number of nitrogens with zero attached hydrogens (tertiary/aromatic N) is 3. The van der Waals surface area contributed by atoms with Crippen LogP contribution < -0.4 is 10.9 Å². The highest BCUT2D eigenvalue weighted by Gasteiger charge is 2.25. The molecule has 1 N–H and O–H groups in total. The highest BCUT2D eigenvalue weighted by molar-refractivity contribution is 6.33. The SMILES string of the molecule is CC(C)OC(=O)N1CCC(Nc2cnn(-c3ccc(F)cc3F)c(=O)c2Cl)CC1. The topological polar surface area (TPSA) is 76.5 Å². The van der Waals surface area contributed by atoms with E-state index in [-0.39, 0.29) is 28.9 Å². The van der Waals surface area contributed by atoms with Crippen molar-refractivity contribution in [1.29, 1.82) is 0 Å². The second-order valence-corrected chi connectivity index (χ2v) is 7.40. The van der Waals surface area contributed by atoms with E-state index in [2.05, 4.69) is 10.4 Å². The first-order valence-corrected chi connectivity index (χ1v) is 9.59. The number of benzene rings is 1. The van der Waals surface area contributed by atoms with E-state index in [4.69, 9.17) is 16.3 Å². The first-order valence-electron chi connectivity index (χ1n) is 9.21. The highest BCUT2D eigenvalue weighted by Crippen LogP contribution is 2.22. The lowest BCUT2D eigenvalue weighted by molar-refractivity contribution is 0.0701. The van der Waals surface area contributed by atoms with Crippen LogP contribution in [-0.2, 0) is 4.74 Å². The molecule has 1 aromatic heterocycles.